The van der Waals surface area contributed by atoms with E-state index < -0.39 is 10.0 Å². The number of rotatable bonds is 6. The van der Waals surface area contributed by atoms with Crippen molar-refractivity contribution in [3.63, 3.8) is 0 Å². The van der Waals surface area contributed by atoms with Crippen LogP contribution in [0.2, 0.25) is 5.02 Å². The molecule has 0 atom stereocenters. The Bertz CT molecular complexity index is 900. The lowest BCUT2D eigenvalue weighted by Crippen LogP contribution is -2.38. The summed E-state index contributed by atoms with van der Waals surface area (Å²) in [4.78, 5) is 2.67. The minimum Gasteiger partial charge on any atom is -0.466 e. The molecule has 1 N–H and O–H groups in total. The molecule has 1 saturated heterocycles. The van der Waals surface area contributed by atoms with Gasteiger partial charge in [0.2, 0.25) is 10.0 Å². The van der Waals surface area contributed by atoms with Crippen LogP contribution in [0.15, 0.2) is 33.6 Å². The van der Waals surface area contributed by atoms with Gasteiger partial charge in [-0.2, -0.15) is 0 Å². The highest BCUT2D eigenvalue weighted by atomic mass is 35.5. The van der Waals surface area contributed by atoms with Gasteiger partial charge >= 0.3 is 0 Å². The fraction of sp³-hybridized carbons (Fsp3) is 0.500. The minimum absolute atomic E-state index is 0.262. The van der Waals surface area contributed by atoms with Crippen molar-refractivity contribution in [3.8, 4) is 0 Å². The highest BCUT2D eigenvalue weighted by molar-refractivity contribution is 7.89. The lowest BCUT2D eigenvalue weighted by molar-refractivity contribution is 0.178. The van der Waals surface area contributed by atoms with Crippen molar-refractivity contribution in [3.05, 3.63) is 51.9 Å². The molecule has 3 rings (SSSR count). The molecule has 0 amide bonds. The molecule has 0 spiro atoms. The Morgan fingerprint density at radius 3 is 2.56 bits per heavy atom. The van der Waals surface area contributed by atoms with E-state index in [2.05, 4.69) is 15.7 Å². The number of piperidine rings is 1. The quantitative estimate of drug-likeness (QED) is 0.780. The van der Waals surface area contributed by atoms with E-state index in [1.165, 1.54) is 5.56 Å². The van der Waals surface area contributed by atoms with Crippen LogP contribution < -0.4 is 4.72 Å². The van der Waals surface area contributed by atoms with Crippen LogP contribution in [-0.2, 0) is 16.6 Å². The molecule has 27 heavy (non-hydrogen) atoms. The van der Waals surface area contributed by atoms with Crippen molar-refractivity contribution in [1.29, 1.82) is 0 Å². The van der Waals surface area contributed by atoms with Crippen LogP contribution in [0.1, 0.15) is 35.5 Å². The van der Waals surface area contributed by atoms with Crippen molar-refractivity contribution in [2.45, 2.75) is 45.1 Å². The van der Waals surface area contributed by atoms with Gasteiger partial charge < -0.3 is 4.42 Å². The van der Waals surface area contributed by atoms with Crippen LogP contribution in [0.25, 0.3) is 0 Å². The van der Waals surface area contributed by atoms with E-state index in [0.29, 0.717) is 23.0 Å². The number of sulfonamides is 1. The van der Waals surface area contributed by atoms with Gasteiger partial charge in [-0.1, -0.05) is 17.7 Å². The van der Waals surface area contributed by atoms with E-state index >= 15 is 0 Å². The van der Waals surface area contributed by atoms with E-state index in [1.807, 2.05) is 13.8 Å². The maximum absolute atomic E-state index is 12.6. The number of hydrogen-bond acceptors (Lipinski definition) is 4. The summed E-state index contributed by atoms with van der Waals surface area (Å²) in [5.41, 5.74) is 1.83. The number of aryl methyl sites for hydroxylation is 2. The van der Waals surface area contributed by atoms with Crippen molar-refractivity contribution in [1.82, 2.24) is 9.62 Å². The predicted molar refractivity (Wildman–Crippen MR) is 108 cm³/mol. The third-order valence-electron chi connectivity index (χ3n) is 5.31. The third kappa shape index (κ3) is 4.93. The van der Waals surface area contributed by atoms with E-state index in [-0.39, 0.29) is 4.90 Å². The molecule has 1 fully saturated rings. The lowest BCUT2D eigenvalue weighted by Gasteiger charge is -2.31. The Morgan fingerprint density at radius 1 is 1.22 bits per heavy atom. The van der Waals surface area contributed by atoms with Crippen molar-refractivity contribution < 1.29 is 12.8 Å². The molecule has 2 heterocycles. The molecule has 1 aromatic heterocycles. The van der Waals surface area contributed by atoms with Crippen LogP contribution in [0, 0.1) is 26.7 Å². The van der Waals surface area contributed by atoms with Crippen LogP contribution >= 0.6 is 11.6 Å². The second kappa shape index (κ2) is 8.35. The summed E-state index contributed by atoms with van der Waals surface area (Å²) in [5.74, 6) is 2.28. The second-order valence-electron chi connectivity index (χ2n) is 7.37. The van der Waals surface area contributed by atoms with E-state index in [4.69, 9.17) is 16.0 Å². The number of halogens is 1. The standard InChI is InChI=1S/C20H27ClN2O3S/c1-14-11-18(16(3)26-14)13-23-9-7-17(8-10-23)12-22-27(24,25)20-6-4-5-19(21)15(20)2/h4-6,11,17,22H,7-10,12-13H2,1-3H3. The zero-order chi connectivity index (χ0) is 19.6. The zero-order valence-electron chi connectivity index (χ0n) is 16.1. The molecule has 0 bridgehead atoms. The molecule has 5 nitrogen and oxygen atoms in total. The molecule has 0 radical (unpaired) electrons. The number of furan rings is 1. The van der Waals surface area contributed by atoms with E-state index in [1.54, 1.807) is 25.1 Å². The smallest absolute Gasteiger partial charge is 0.240 e. The summed E-state index contributed by atoms with van der Waals surface area (Å²) in [6, 6.07) is 7.07. The predicted octanol–water partition coefficient (Wildman–Crippen LogP) is 4.05. The van der Waals surface area contributed by atoms with Crippen molar-refractivity contribution in [2.24, 2.45) is 5.92 Å². The summed E-state index contributed by atoms with van der Waals surface area (Å²) in [7, 11) is -3.54. The molecule has 0 unspecified atom stereocenters. The average molecular weight is 411 g/mol. The Balaban J connectivity index is 1.52. The Kier molecular flexibility index (Phi) is 6.31. The van der Waals surface area contributed by atoms with Gasteiger partial charge in [-0.05, 0) is 76.4 Å². The van der Waals surface area contributed by atoms with Gasteiger partial charge in [0.1, 0.15) is 11.5 Å². The zero-order valence-corrected chi connectivity index (χ0v) is 17.7. The Hall–Kier alpha value is -1.34. The fourth-order valence-electron chi connectivity index (χ4n) is 3.61. The van der Waals surface area contributed by atoms with Crippen LogP contribution in [0.3, 0.4) is 0 Å². The monoisotopic (exact) mass is 410 g/mol. The van der Waals surface area contributed by atoms with Crippen molar-refractivity contribution in [2.75, 3.05) is 19.6 Å². The molecular formula is C20H27ClN2O3S. The van der Waals surface area contributed by atoms with Crippen LogP contribution in [0.4, 0.5) is 0 Å². The van der Waals surface area contributed by atoms with Gasteiger partial charge in [0.15, 0.2) is 0 Å². The van der Waals surface area contributed by atoms with Crippen molar-refractivity contribution >= 4 is 21.6 Å². The molecular weight excluding hydrogens is 384 g/mol. The Labute approximate surface area is 166 Å². The highest BCUT2D eigenvalue weighted by Crippen LogP contribution is 2.24. The molecule has 1 aromatic carbocycles. The van der Waals surface area contributed by atoms with Crippen LogP contribution in [0.5, 0.6) is 0 Å². The van der Waals surface area contributed by atoms with Gasteiger partial charge in [-0.3, -0.25) is 4.90 Å². The normalized spacial score (nSPS) is 16.7. The first-order chi connectivity index (χ1) is 12.8. The first-order valence-electron chi connectivity index (χ1n) is 9.29. The maximum atomic E-state index is 12.6. The number of likely N-dealkylation sites (tertiary alicyclic amines) is 1. The van der Waals surface area contributed by atoms with E-state index in [9.17, 15) is 8.42 Å². The molecule has 1 aliphatic rings. The number of benzene rings is 1. The SMILES string of the molecule is Cc1cc(CN2CCC(CNS(=O)(=O)c3cccc(Cl)c3C)CC2)c(C)o1. The fourth-order valence-corrected chi connectivity index (χ4v) is 5.23. The highest BCUT2D eigenvalue weighted by Gasteiger charge is 2.24. The van der Waals surface area contributed by atoms with Gasteiger partial charge in [-0.15, -0.1) is 0 Å². The topological polar surface area (TPSA) is 62.6 Å². The molecule has 7 heteroatoms. The third-order valence-corrected chi connectivity index (χ3v) is 7.29. The van der Waals surface area contributed by atoms with Gasteiger partial charge in [0, 0.05) is 23.7 Å². The number of nitrogens with zero attached hydrogens (tertiary/aromatic N) is 1. The van der Waals surface area contributed by atoms with Gasteiger partial charge in [0.05, 0.1) is 4.90 Å². The maximum Gasteiger partial charge on any atom is 0.240 e. The average Bonchev–Trinajstić information content (AvgIpc) is 2.94. The van der Waals surface area contributed by atoms with Crippen LogP contribution in [-0.4, -0.2) is 33.0 Å². The first-order valence-corrected chi connectivity index (χ1v) is 11.2. The summed E-state index contributed by atoms with van der Waals surface area (Å²) < 4.78 is 33.6. The molecule has 148 valence electrons. The summed E-state index contributed by atoms with van der Waals surface area (Å²) in [5, 5.41) is 0.468. The summed E-state index contributed by atoms with van der Waals surface area (Å²) >= 11 is 6.06. The number of nitrogens with one attached hydrogen (secondary N) is 1. The number of hydrogen-bond donors (Lipinski definition) is 1. The summed E-state index contributed by atoms with van der Waals surface area (Å²) in [6.45, 7) is 8.99. The van der Waals surface area contributed by atoms with Gasteiger partial charge in [0.25, 0.3) is 0 Å². The lowest BCUT2D eigenvalue weighted by atomic mass is 9.97. The molecule has 2 aromatic rings. The summed E-state index contributed by atoms with van der Waals surface area (Å²) in [6.07, 6.45) is 1.96. The molecule has 0 aliphatic carbocycles. The molecule has 1 aliphatic heterocycles. The van der Waals surface area contributed by atoms with E-state index in [0.717, 1.165) is 44.0 Å². The first kappa shape index (κ1) is 20.4. The second-order valence-corrected chi connectivity index (χ2v) is 9.52. The largest absolute Gasteiger partial charge is 0.466 e. The molecule has 0 saturated carbocycles. The van der Waals surface area contributed by atoms with Gasteiger partial charge in [-0.25, -0.2) is 13.1 Å². The Morgan fingerprint density at radius 2 is 1.93 bits per heavy atom. The minimum atomic E-state index is -3.54.